The van der Waals surface area contributed by atoms with E-state index in [-0.39, 0.29) is 24.9 Å². The fourth-order valence-corrected chi connectivity index (χ4v) is 5.22. The molecule has 1 amide bonds. The predicted octanol–water partition coefficient (Wildman–Crippen LogP) is 6.08. The Morgan fingerprint density at radius 1 is 0.955 bits per heavy atom. The van der Waals surface area contributed by atoms with Crippen molar-refractivity contribution in [2.75, 3.05) is 7.11 Å². The highest BCUT2D eigenvalue weighted by molar-refractivity contribution is 6.06. The molecule has 0 spiro atoms. The smallest absolute Gasteiger partial charge is 0.305 e. The van der Waals surface area contributed by atoms with Crippen LogP contribution in [0.25, 0.3) is 28.3 Å². The SMILES string of the molecule is COc1cccc(CNC(=O)c2c(-c3ccccc3)c(-c3ccc(F)cc3)c(/C=C/[C@@H](O)C[C@@H](O)CC(=O)O)n2C(C)C)c1. The van der Waals surface area contributed by atoms with E-state index in [1.165, 1.54) is 18.2 Å². The van der Waals surface area contributed by atoms with E-state index in [9.17, 15) is 24.2 Å². The van der Waals surface area contributed by atoms with Gasteiger partial charge in [-0.15, -0.1) is 0 Å². The van der Waals surface area contributed by atoms with Crippen molar-refractivity contribution in [3.63, 3.8) is 0 Å². The first kappa shape index (κ1) is 32.2. The van der Waals surface area contributed by atoms with Crippen molar-refractivity contribution in [3.8, 4) is 28.0 Å². The Bertz CT molecular complexity index is 1610. The number of hydrogen-bond donors (Lipinski definition) is 4. The summed E-state index contributed by atoms with van der Waals surface area (Å²) < 4.78 is 21.3. The van der Waals surface area contributed by atoms with Gasteiger partial charge in [-0.25, -0.2) is 4.39 Å². The summed E-state index contributed by atoms with van der Waals surface area (Å²) >= 11 is 0. The molecule has 0 radical (unpaired) electrons. The number of aliphatic hydroxyl groups is 2. The first-order valence-corrected chi connectivity index (χ1v) is 14.4. The number of nitrogens with one attached hydrogen (secondary N) is 1. The van der Waals surface area contributed by atoms with Gasteiger partial charge in [-0.3, -0.25) is 9.59 Å². The zero-order chi connectivity index (χ0) is 31.8. The number of aromatic nitrogens is 1. The van der Waals surface area contributed by atoms with Crippen LogP contribution in [0.5, 0.6) is 5.75 Å². The van der Waals surface area contributed by atoms with Crippen LogP contribution in [0.3, 0.4) is 0 Å². The maximum absolute atomic E-state index is 14.1. The number of ether oxygens (including phenoxy) is 1. The Morgan fingerprint density at radius 2 is 1.64 bits per heavy atom. The maximum Gasteiger partial charge on any atom is 0.305 e. The standard InChI is InChI=1S/C35H37FN2O6/c1-22(2)38-30(17-16-27(39)19-28(40)20-31(41)42)32(25-12-14-26(36)15-13-25)33(24-9-5-4-6-10-24)34(38)35(43)37-21-23-8-7-11-29(18-23)44-3/h4-18,22,27-28,39-40H,19-21H2,1-3H3,(H,37,43)(H,41,42)/b17-16+/t27-,28-/m1/s1. The van der Waals surface area contributed by atoms with Crippen LogP contribution in [0.4, 0.5) is 4.39 Å². The van der Waals surface area contributed by atoms with E-state index in [4.69, 9.17) is 9.84 Å². The highest BCUT2D eigenvalue weighted by Crippen LogP contribution is 2.42. The average Bonchev–Trinajstić information content (AvgIpc) is 3.35. The van der Waals surface area contributed by atoms with Crippen LogP contribution in [-0.2, 0) is 11.3 Å². The van der Waals surface area contributed by atoms with Crippen LogP contribution in [0.15, 0.2) is 84.9 Å². The topological polar surface area (TPSA) is 121 Å². The van der Waals surface area contributed by atoms with E-state index in [1.54, 1.807) is 25.3 Å². The molecule has 230 valence electrons. The third kappa shape index (κ3) is 7.80. The summed E-state index contributed by atoms with van der Waals surface area (Å²) in [5, 5.41) is 32.8. The van der Waals surface area contributed by atoms with E-state index in [0.717, 1.165) is 11.1 Å². The van der Waals surface area contributed by atoms with Gasteiger partial charge in [-0.1, -0.05) is 60.7 Å². The molecule has 0 saturated carbocycles. The molecule has 0 unspecified atom stereocenters. The summed E-state index contributed by atoms with van der Waals surface area (Å²) in [6.45, 7) is 4.11. The minimum atomic E-state index is -1.24. The van der Waals surface area contributed by atoms with Gasteiger partial charge in [-0.05, 0) is 60.9 Å². The van der Waals surface area contributed by atoms with E-state index >= 15 is 0 Å². The van der Waals surface area contributed by atoms with E-state index < -0.39 is 30.4 Å². The molecule has 4 aromatic rings. The molecule has 3 aromatic carbocycles. The van der Waals surface area contributed by atoms with Crippen LogP contribution in [0, 0.1) is 5.82 Å². The van der Waals surface area contributed by atoms with Gasteiger partial charge in [0.05, 0.1) is 25.7 Å². The van der Waals surface area contributed by atoms with Crippen molar-refractivity contribution in [1.29, 1.82) is 0 Å². The summed E-state index contributed by atoms with van der Waals surface area (Å²) in [7, 11) is 1.58. The number of carbonyl (C=O) groups is 2. The van der Waals surface area contributed by atoms with Gasteiger partial charge in [-0.2, -0.15) is 0 Å². The minimum absolute atomic E-state index is 0.184. The molecule has 4 N–H and O–H groups in total. The molecule has 1 aromatic heterocycles. The monoisotopic (exact) mass is 600 g/mol. The van der Waals surface area contributed by atoms with Gasteiger partial charge in [0.1, 0.15) is 17.3 Å². The molecule has 0 bridgehead atoms. The van der Waals surface area contributed by atoms with Crippen LogP contribution in [0.2, 0.25) is 0 Å². The number of halogens is 1. The number of hydrogen-bond acceptors (Lipinski definition) is 5. The van der Waals surface area contributed by atoms with E-state index in [2.05, 4.69) is 5.32 Å². The number of nitrogens with zero attached hydrogens (tertiary/aromatic N) is 1. The quantitative estimate of drug-likeness (QED) is 0.148. The first-order chi connectivity index (χ1) is 21.1. The number of aliphatic carboxylic acids is 1. The lowest BCUT2D eigenvalue weighted by Gasteiger charge is -2.17. The lowest BCUT2D eigenvalue weighted by Crippen LogP contribution is -2.27. The fraction of sp³-hybridized carbons (Fsp3) is 0.257. The summed E-state index contributed by atoms with van der Waals surface area (Å²) in [5.41, 5.74) is 4.54. The molecule has 0 aliphatic rings. The highest BCUT2D eigenvalue weighted by atomic mass is 19.1. The van der Waals surface area contributed by atoms with Crippen molar-refractivity contribution in [2.45, 2.75) is 51.5 Å². The molecule has 8 nitrogen and oxygen atoms in total. The lowest BCUT2D eigenvalue weighted by atomic mass is 9.94. The molecule has 1 heterocycles. The Labute approximate surface area is 256 Å². The largest absolute Gasteiger partial charge is 0.497 e. The molecule has 4 rings (SSSR count). The fourth-order valence-electron chi connectivity index (χ4n) is 5.22. The van der Waals surface area contributed by atoms with Gasteiger partial charge in [0, 0.05) is 35.8 Å². The molecular weight excluding hydrogens is 563 g/mol. The minimum Gasteiger partial charge on any atom is -0.497 e. The second-order valence-corrected chi connectivity index (χ2v) is 10.8. The van der Waals surface area contributed by atoms with Crippen LogP contribution < -0.4 is 10.1 Å². The van der Waals surface area contributed by atoms with Crippen molar-refractivity contribution < 1.29 is 34.0 Å². The molecule has 9 heteroatoms. The second kappa shape index (κ2) is 14.6. The van der Waals surface area contributed by atoms with Gasteiger partial charge < -0.3 is 29.9 Å². The molecule has 0 fully saturated rings. The molecule has 0 aliphatic heterocycles. The number of carboxylic acids is 1. The Kier molecular flexibility index (Phi) is 10.7. The Morgan fingerprint density at radius 3 is 2.27 bits per heavy atom. The van der Waals surface area contributed by atoms with E-state index in [1.807, 2.05) is 73.0 Å². The average molecular weight is 601 g/mol. The van der Waals surface area contributed by atoms with Crippen molar-refractivity contribution in [3.05, 3.63) is 108 Å². The van der Waals surface area contributed by atoms with Crippen molar-refractivity contribution in [1.82, 2.24) is 9.88 Å². The van der Waals surface area contributed by atoms with Gasteiger partial charge in [0.15, 0.2) is 0 Å². The van der Waals surface area contributed by atoms with E-state index in [0.29, 0.717) is 33.8 Å². The number of carboxylic acid groups (broad SMARTS) is 1. The molecule has 0 saturated heterocycles. The van der Waals surface area contributed by atoms with Gasteiger partial charge in [0.2, 0.25) is 0 Å². The van der Waals surface area contributed by atoms with Crippen LogP contribution in [-0.4, -0.2) is 51.1 Å². The van der Waals surface area contributed by atoms with Crippen LogP contribution >= 0.6 is 0 Å². The predicted molar refractivity (Wildman–Crippen MR) is 168 cm³/mol. The summed E-state index contributed by atoms with van der Waals surface area (Å²) in [6, 6.07) is 22.6. The van der Waals surface area contributed by atoms with Crippen molar-refractivity contribution in [2.24, 2.45) is 0 Å². The first-order valence-electron chi connectivity index (χ1n) is 14.4. The maximum atomic E-state index is 14.1. The van der Waals surface area contributed by atoms with Gasteiger partial charge >= 0.3 is 5.97 Å². The number of amides is 1. The zero-order valence-electron chi connectivity index (χ0n) is 24.9. The van der Waals surface area contributed by atoms with Crippen molar-refractivity contribution >= 4 is 18.0 Å². The normalized spacial score (nSPS) is 12.8. The highest BCUT2D eigenvalue weighted by Gasteiger charge is 2.29. The molecule has 44 heavy (non-hydrogen) atoms. The molecular formula is C35H37FN2O6. The lowest BCUT2D eigenvalue weighted by molar-refractivity contribution is -0.139. The Balaban J connectivity index is 1.90. The number of carbonyl (C=O) groups excluding carboxylic acids is 1. The number of benzene rings is 3. The summed E-state index contributed by atoms with van der Waals surface area (Å²) in [6.07, 6.45) is 0.0615. The number of methoxy groups -OCH3 is 1. The summed E-state index contributed by atoms with van der Waals surface area (Å²) in [5.74, 6) is -1.24. The third-order valence-corrected chi connectivity index (χ3v) is 7.16. The third-order valence-electron chi connectivity index (χ3n) is 7.16. The molecule has 0 aliphatic carbocycles. The van der Waals surface area contributed by atoms with Gasteiger partial charge in [0.25, 0.3) is 5.91 Å². The second-order valence-electron chi connectivity index (χ2n) is 10.8. The molecule has 2 atom stereocenters. The number of rotatable bonds is 13. The summed E-state index contributed by atoms with van der Waals surface area (Å²) in [4.78, 5) is 25.1. The zero-order valence-corrected chi connectivity index (χ0v) is 24.9. The van der Waals surface area contributed by atoms with Crippen LogP contribution in [0.1, 0.15) is 54.5 Å². The number of aliphatic hydroxyl groups excluding tert-OH is 2. The Hall–Kier alpha value is -4.73.